The van der Waals surface area contributed by atoms with Gasteiger partial charge in [0, 0.05) is 18.9 Å². The van der Waals surface area contributed by atoms with Crippen LogP contribution in [-0.2, 0) is 6.54 Å². The predicted octanol–water partition coefficient (Wildman–Crippen LogP) is 1.36. The Bertz CT molecular complexity index is 417. The van der Waals surface area contributed by atoms with Crippen molar-refractivity contribution in [1.29, 1.82) is 0 Å². The van der Waals surface area contributed by atoms with E-state index in [0.717, 1.165) is 17.9 Å². The Morgan fingerprint density at radius 2 is 2.38 bits per heavy atom. The zero-order chi connectivity index (χ0) is 9.26. The van der Waals surface area contributed by atoms with Gasteiger partial charge in [0.15, 0.2) is 0 Å². The molecule has 0 unspecified atom stereocenters. The van der Waals surface area contributed by atoms with E-state index in [4.69, 9.17) is 0 Å². The van der Waals surface area contributed by atoms with Gasteiger partial charge in [0.1, 0.15) is 5.65 Å². The van der Waals surface area contributed by atoms with E-state index in [1.165, 1.54) is 5.56 Å². The van der Waals surface area contributed by atoms with E-state index in [0.29, 0.717) is 0 Å². The van der Waals surface area contributed by atoms with Crippen LogP contribution >= 0.6 is 0 Å². The van der Waals surface area contributed by atoms with Crippen LogP contribution in [-0.4, -0.2) is 16.4 Å². The predicted molar refractivity (Wildman–Crippen MR) is 52.7 cm³/mol. The molecule has 3 nitrogen and oxygen atoms in total. The van der Waals surface area contributed by atoms with Gasteiger partial charge in [0.25, 0.3) is 0 Å². The van der Waals surface area contributed by atoms with Crippen LogP contribution in [0.3, 0.4) is 0 Å². The zero-order valence-electron chi connectivity index (χ0n) is 7.91. The van der Waals surface area contributed by atoms with Gasteiger partial charge < -0.3 is 9.72 Å². The van der Waals surface area contributed by atoms with Crippen LogP contribution in [0.2, 0.25) is 0 Å². The van der Waals surface area contributed by atoms with Gasteiger partial charge in [0.2, 0.25) is 0 Å². The Kier molecular flexibility index (Phi) is 2.02. The number of aromatic nitrogens is 2. The molecule has 0 bridgehead atoms. The van der Waals surface area contributed by atoms with Crippen molar-refractivity contribution in [2.24, 2.45) is 0 Å². The highest BCUT2D eigenvalue weighted by Gasteiger charge is 2.01. The maximum Gasteiger partial charge on any atom is 0.139 e. The van der Waals surface area contributed by atoms with Crippen LogP contribution in [0, 0.1) is 6.92 Å². The highest BCUT2D eigenvalue weighted by Crippen LogP contribution is 2.09. The van der Waals surface area contributed by atoms with Gasteiger partial charge in [-0.15, -0.1) is 0 Å². The summed E-state index contributed by atoms with van der Waals surface area (Å²) >= 11 is 0. The summed E-state index contributed by atoms with van der Waals surface area (Å²) in [5, 5.41) is 3.09. The molecule has 0 atom stereocenters. The third-order valence-corrected chi connectivity index (χ3v) is 2.09. The molecule has 0 amide bonds. The minimum absolute atomic E-state index is 0.821. The van der Waals surface area contributed by atoms with Crippen LogP contribution in [0.5, 0.6) is 0 Å². The van der Waals surface area contributed by atoms with Gasteiger partial charge >= 0.3 is 0 Å². The standard InChI is InChI=1S/C10H13N3/c1-8-4-3-5-13-7-9(6-11-2)12-10(8)13/h3-5,7,11H,6H2,1-2H3. The zero-order valence-corrected chi connectivity index (χ0v) is 7.91. The van der Waals surface area contributed by atoms with Crippen LogP contribution in [0.25, 0.3) is 5.65 Å². The average molecular weight is 175 g/mol. The maximum atomic E-state index is 4.50. The first-order chi connectivity index (χ1) is 6.31. The molecule has 0 aromatic carbocycles. The first kappa shape index (κ1) is 8.26. The summed E-state index contributed by atoms with van der Waals surface area (Å²) in [6.45, 7) is 2.90. The molecule has 1 N–H and O–H groups in total. The molecule has 0 aliphatic carbocycles. The molecule has 0 radical (unpaired) electrons. The second kappa shape index (κ2) is 3.18. The molecule has 2 aromatic rings. The Morgan fingerprint density at radius 1 is 1.54 bits per heavy atom. The van der Waals surface area contributed by atoms with Gasteiger partial charge in [-0.1, -0.05) is 6.07 Å². The Hall–Kier alpha value is -1.35. The highest BCUT2D eigenvalue weighted by atomic mass is 15.0. The summed E-state index contributed by atoms with van der Waals surface area (Å²) in [4.78, 5) is 4.50. The number of fused-ring (bicyclic) bond motifs is 1. The number of hydrogen-bond acceptors (Lipinski definition) is 2. The fourth-order valence-electron chi connectivity index (χ4n) is 1.47. The number of pyridine rings is 1. The van der Waals surface area contributed by atoms with Gasteiger partial charge in [-0.05, 0) is 25.6 Å². The second-order valence-electron chi connectivity index (χ2n) is 3.18. The lowest BCUT2D eigenvalue weighted by molar-refractivity contribution is 0.798. The molecule has 3 heteroatoms. The van der Waals surface area contributed by atoms with Crippen molar-refractivity contribution in [1.82, 2.24) is 14.7 Å². The maximum absolute atomic E-state index is 4.50. The summed E-state index contributed by atoms with van der Waals surface area (Å²) in [7, 11) is 1.93. The summed E-state index contributed by atoms with van der Waals surface area (Å²) in [5.41, 5.74) is 3.34. The minimum Gasteiger partial charge on any atom is -0.314 e. The second-order valence-corrected chi connectivity index (χ2v) is 3.18. The van der Waals surface area contributed by atoms with Gasteiger partial charge in [-0.2, -0.15) is 0 Å². The first-order valence-corrected chi connectivity index (χ1v) is 4.39. The number of nitrogens with one attached hydrogen (secondary N) is 1. The van der Waals surface area contributed by atoms with E-state index in [2.05, 4.69) is 33.9 Å². The molecule has 0 saturated carbocycles. The summed E-state index contributed by atoms with van der Waals surface area (Å²) < 4.78 is 2.06. The summed E-state index contributed by atoms with van der Waals surface area (Å²) in [5.74, 6) is 0. The topological polar surface area (TPSA) is 29.3 Å². The van der Waals surface area contributed by atoms with Crippen LogP contribution in [0.15, 0.2) is 24.5 Å². The van der Waals surface area contributed by atoms with E-state index < -0.39 is 0 Å². The number of aryl methyl sites for hydroxylation is 1. The fourth-order valence-corrected chi connectivity index (χ4v) is 1.47. The molecule has 0 spiro atoms. The molecule has 0 saturated heterocycles. The van der Waals surface area contributed by atoms with Crippen molar-refractivity contribution in [3.63, 3.8) is 0 Å². The SMILES string of the molecule is CNCc1cn2cccc(C)c2n1. The first-order valence-electron chi connectivity index (χ1n) is 4.39. The summed E-state index contributed by atoms with van der Waals surface area (Å²) in [6.07, 6.45) is 4.08. The largest absolute Gasteiger partial charge is 0.314 e. The van der Waals surface area contributed by atoms with Crippen LogP contribution in [0.4, 0.5) is 0 Å². The molecule has 2 rings (SSSR count). The summed E-state index contributed by atoms with van der Waals surface area (Å²) in [6, 6.07) is 4.11. The molecule has 0 aliphatic heterocycles. The van der Waals surface area contributed by atoms with Crippen molar-refractivity contribution in [3.8, 4) is 0 Å². The molecule has 0 aliphatic rings. The molecule has 68 valence electrons. The third kappa shape index (κ3) is 1.42. The van der Waals surface area contributed by atoms with E-state index in [-0.39, 0.29) is 0 Å². The Balaban J connectivity index is 2.55. The molecule has 0 fully saturated rings. The van der Waals surface area contributed by atoms with Gasteiger partial charge in [-0.3, -0.25) is 0 Å². The van der Waals surface area contributed by atoms with E-state index >= 15 is 0 Å². The van der Waals surface area contributed by atoms with Crippen molar-refractivity contribution < 1.29 is 0 Å². The molecular weight excluding hydrogens is 162 g/mol. The number of imidazole rings is 1. The van der Waals surface area contributed by atoms with Crippen molar-refractivity contribution in [2.75, 3.05) is 7.05 Å². The quantitative estimate of drug-likeness (QED) is 0.746. The number of nitrogens with zero attached hydrogens (tertiary/aromatic N) is 2. The Morgan fingerprint density at radius 3 is 3.08 bits per heavy atom. The van der Waals surface area contributed by atoms with E-state index in [1.54, 1.807) is 0 Å². The van der Waals surface area contributed by atoms with Gasteiger partial charge in [-0.25, -0.2) is 4.98 Å². The lowest BCUT2D eigenvalue weighted by Gasteiger charge is -1.94. The molecule has 2 heterocycles. The lowest BCUT2D eigenvalue weighted by atomic mass is 10.3. The van der Waals surface area contributed by atoms with Crippen molar-refractivity contribution >= 4 is 5.65 Å². The van der Waals surface area contributed by atoms with Gasteiger partial charge in [0.05, 0.1) is 5.69 Å². The molecule has 2 aromatic heterocycles. The smallest absolute Gasteiger partial charge is 0.139 e. The molecular formula is C10H13N3. The number of hydrogen-bond donors (Lipinski definition) is 1. The minimum atomic E-state index is 0.821. The number of rotatable bonds is 2. The Labute approximate surface area is 77.4 Å². The van der Waals surface area contributed by atoms with Crippen molar-refractivity contribution in [2.45, 2.75) is 13.5 Å². The fraction of sp³-hybridized carbons (Fsp3) is 0.300. The monoisotopic (exact) mass is 175 g/mol. The lowest BCUT2D eigenvalue weighted by Crippen LogP contribution is -2.04. The highest BCUT2D eigenvalue weighted by molar-refractivity contribution is 5.47. The van der Waals surface area contributed by atoms with E-state index in [1.807, 2.05) is 19.3 Å². The van der Waals surface area contributed by atoms with E-state index in [9.17, 15) is 0 Å². The average Bonchev–Trinajstić information content (AvgIpc) is 2.49. The normalized spacial score (nSPS) is 10.9. The van der Waals surface area contributed by atoms with Crippen LogP contribution < -0.4 is 5.32 Å². The van der Waals surface area contributed by atoms with Crippen molar-refractivity contribution in [3.05, 3.63) is 35.8 Å². The molecule has 13 heavy (non-hydrogen) atoms. The van der Waals surface area contributed by atoms with Crippen LogP contribution in [0.1, 0.15) is 11.3 Å². The third-order valence-electron chi connectivity index (χ3n) is 2.09.